The number of amides is 1. The molecule has 1 unspecified atom stereocenters. The van der Waals surface area contributed by atoms with Gasteiger partial charge in [-0.3, -0.25) is 4.79 Å². The van der Waals surface area contributed by atoms with Crippen LogP contribution >= 0.6 is 0 Å². The van der Waals surface area contributed by atoms with Crippen LogP contribution in [0.2, 0.25) is 0 Å². The molecule has 0 aliphatic heterocycles. The maximum Gasteiger partial charge on any atom is 0.274 e. The molecule has 5 heteroatoms. The van der Waals surface area contributed by atoms with E-state index in [-0.39, 0.29) is 17.6 Å². The second-order valence-corrected chi connectivity index (χ2v) is 4.23. The summed E-state index contributed by atoms with van der Waals surface area (Å²) >= 11 is 0. The lowest BCUT2D eigenvalue weighted by Crippen LogP contribution is -2.14. The molecule has 4 nitrogen and oxygen atoms in total. The van der Waals surface area contributed by atoms with Gasteiger partial charge in [-0.15, -0.1) is 0 Å². The van der Waals surface area contributed by atoms with Gasteiger partial charge in [0.25, 0.3) is 5.91 Å². The van der Waals surface area contributed by atoms with Crippen LogP contribution in [0.15, 0.2) is 42.6 Å². The van der Waals surface area contributed by atoms with E-state index in [9.17, 15) is 9.18 Å². The molecule has 1 aromatic heterocycles. The Morgan fingerprint density at radius 3 is 2.79 bits per heavy atom. The average molecular weight is 259 g/mol. The smallest absolute Gasteiger partial charge is 0.274 e. The summed E-state index contributed by atoms with van der Waals surface area (Å²) in [5, 5.41) is 2.69. The normalized spacial score (nSPS) is 11.9. The van der Waals surface area contributed by atoms with Crippen LogP contribution in [0.5, 0.6) is 0 Å². The monoisotopic (exact) mass is 259 g/mol. The molecular formula is C14H14FN3O. The van der Waals surface area contributed by atoms with Crippen molar-refractivity contribution in [2.75, 3.05) is 5.32 Å². The lowest BCUT2D eigenvalue weighted by Gasteiger charge is -2.09. The van der Waals surface area contributed by atoms with Crippen molar-refractivity contribution in [3.8, 4) is 0 Å². The van der Waals surface area contributed by atoms with E-state index in [0.717, 1.165) is 11.8 Å². The van der Waals surface area contributed by atoms with Gasteiger partial charge in [-0.05, 0) is 36.8 Å². The van der Waals surface area contributed by atoms with E-state index >= 15 is 0 Å². The highest BCUT2D eigenvalue weighted by atomic mass is 19.1. The van der Waals surface area contributed by atoms with Crippen molar-refractivity contribution in [2.24, 2.45) is 5.73 Å². The standard InChI is InChI=1S/C14H14FN3O/c1-9(16)10-3-2-4-12(7-10)18-14(19)13-6-5-11(15)8-17-13/h2-9H,16H2,1H3,(H,18,19). The van der Waals surface area contributed by atoms with E-state index in [2.05, 4.69) is 10.3 Å². The molecule has 98 valence electrons. The van der Waals surface area contributed by atoms with Gasteiger partial charge in [-0.2, -0.15) is 0 Å². The average Bonchev–Trinajstić information content (AvgIpc) is 2.39. The number of halogens is 1. The summed E-state index contributed by atoms with van der Waals surface area (Å²) in [6.45, 7) is 1.86. The van der Waals surface area contributed by atoms with Crippen LogP contribution < -0.4 is 11.1 Å². The summed E-state index contributed by atoms with van der Waals surface area (Å²) in [5.74, 6) is -0.864. The molecule has 0 aliphatic rings. The van der Waals surface area contributed by atoms with Gasteiger partial charge in [0.2, 0.25) is 0 Å². The zero-order valence-corrected chi connectivity index (χ0v) is 10.4. The molecule has 2 rings (SSSR count). The first-order valence-corrected chi connectivity index (χ1v) is 5.84. The van der Waals surface area contributed by atoms with Crippen LogP contribution in [0.1, 0.15) is 29.0 Å². The van der Waals surface area contributed by atoms with Crippen molar-refractivity contribution in [3.05, 3.63) is 59.7 Å². The number of benzene rings is 1. The lowest BCUT2D eigenvalue weighted by molar-refractivity contribution is 0.102. The molecule has 0 saturated carbocycles. The Labute approximate surface area is 110 Å². The number of carbonyl (C=O) groups is 1. The molecule has 0 fully saturated rings. The Morgan fingerprint density at radius 1 is 1.37 bits per heavy atom. The first kappa shape index (κ1) is 13.2. The van der Waals surface area contributed by atoms with E-state index in [4.69, 9.17) is 5.73 Å². The number of hydrogen-bond acceptors (Lipinski definition) is 3. The number of nitrogens with two attached hydrogens (primary N) is 1. The van der Waals surface area contributed by atoms with Crippen LogP contribution in [0.25, 0.3) is 0 Å². The maximum atomic E-state index is 12.7. The predicted octanol–water partition coefficient (Wildman–Crippen LogP) is 2.49. The third-order valence-corrected chi connectivity index (χ3v) is 2.63. The minimum Gasteiger partial charge on any atom is -0.324 e. The van der Waals surface area contributed by atoms with Gasteiger partial charge >= 0.3 is 0 Å². The highest BCUT2D eigenvalue weighted by molar-refractivity contribution is 6.02. The van der Waals surface area contributed by atoms with E-state index in [0.29, 0.717) is 5.69 Å². The largest absolute Gasteiger partial charge is 0.324 e. The second kappa shape index (κ2) is 5.58. The van der Waals surface area contributed by atoms with Gasteiger partial charge in [0.15, 0.2) is 0 Å². The predicted molar refractivity (Wildman–Crippen MR) is 71.2 cm³/mol. The molecule has 1 amide bonds. The fourth-order valence-corrected chi connectivity index (χ4v) is 1.60. The second-order valence-electron chi connectivity index (χ2n) is 4.23. The molecule has 2 aromatic rings. The van der Waals surface area contributed by atoms with Gasteiger partial charge < -0.3 is 11.1 Å². The zero-order chi connectivity index (χ0) is 13.8. The summed E-state index contributed by atoms with van der Waals surface area (Å²) in [6, 6.07) is 9.67. The van der Waals surface area contributed by atoms with E-state index in [1.54, 1.807) is 12.1 Å². The topological polar surface area (TPSA) is 68.0 Å². The third kappa shape index (κ3) is 3.35. The first-order valence-electron chi connectivity index (χ1n) is 5.84. The number of hydrogen-bond donors (Lipinski definition) is 2. The van der Waals surface area contributed by atoms with Crippen molar-refractivity contribution in [2.45, 2.75) is 13.0 Å². The molecule has 1 aromatic carbocycles. The number of aromatic nitrogens is 1. The maximum absolute atomic E-state index is 12.7. The molecule has 3 N–H and O–H groups in total. The van der Waals surface area contributed by atoms with Crippen LogP contribution in [0.4, 0.5) is 10.1 Å². The highest BCUT2D eigenvalue weighted by Gasteiger charge is 2.08. The Kier molecular flexibility index (Phi) is 3.87. The first-order chi connectivity index (χ1) is 9.06. The minimum absolute atomic E-state index is 0.110. The summed E-state index contributed by atoms with van der Waals surface area (Å²) in [4.78, 5) is 15.6. The van der Waals surface area contributed by atoms with Crippen molar-refractivity contribution >= 4 is 11.6 Å². The van der Waals surface area contributed by atoms with Crippen molar-refractivity contribution in [3.63, 3.8) is 0 Å². The van der Waals surface area contributed by atoms with Crippen molar-refractivity contribution < 1.29 is 9.18 Å². The number of rotatable bonds is 3. The molecule has 0 aliphatic carbocycles. The molecule has 0 bridgehead atoms. The van der Waals surface area contributed by atoms with Crippen LogP contribution in [-0.2, 0) is 0 Å². The quantitative estimate of drug-likeness (QED) is 0.889. The fraction of sp³-hybridized carbons (Fsp3) is 0.143. The fourth-order valence-electron chi connectivity index (χ4n) is 1.60. The zero-order valence-electron chi connectivity index (χ0n) is 10.4. The Hall–Kier alpha value is -2.27. The SMILES string of the molecule is CC(N)c1cccc(NC(=O)c2ccc(F)cn2)c1. The highest BCUT2D eigenvalue weighted by Crippen LogP contribution is 2.16. The number of pyridine rings is 1. The molecule has 19 heavy (non-hydrogen) atoms. The van der Waals surface area contributed by atoms with E-state index in [1.165, 1.54) is 12.1 Å². The van der Waals surface area contributed by atoms with Crippen LogP contribution in [0, 0.1) is 5.82 Å². The van der Waals surface area contributed by atoms with Crippen molar-refractivity contribution in [1.82, 2.24) is 4.98 Å². The Bertz CT molecular complexity index is 581. The van der Waals surface area contributed by atoms with Crippen LogP contribution in [0.3, 0.4) is 0 Å². The van der Waals surface area contributed by atoms with Gasteiger partial charge in [0, 0.05) is 11.7 Å². The van der Waals surface area contributed by atoms with E-state index < -0.39 is 5.82 Å². The number of carbonyl (C=O) groups excluding carboxylic acids is 1. The van der Waals surface area contributed by atoms with Gasteiger partial charge in [0.05, 0.1) is 6.20 Å². The number of anilines is 1. The van der Waals surface area contributed by atoms with Gasteiger partial charge in [-0.1, -0.05) is 12.1 Å². The number of nitrogens with zero attached hydrogens (tertiary/aromatic N) is 1. The molecule has 1 heterocycles. The Balaban J connectivity index is 2.14. The number of nitrogens with one attached hydrogen (secondary N) is 1. The van der Waals surface area contributed by atoms with E-state index in [1.807, 2.05) is 19.1 Å². The summed E-state index contributed by atoms with van der Waals surface area (Å²) in [5.41, 5.74) is 7.49. The summed E-state index contributed by atoms with van der Waals surface area (Å²) in [6.07, 6.45) is 1.01. The van der Waals surface area contributed by atoms with Crippen LogP contribution in [-0.4, -0.2) is 10.9 Å². The molecule has 0 spiro atoms. The lowest BCUT2D eigenvalue weighted by atomic mass is 10.1. The summed E-state index contributed by atoms with van der Waals surface area (Å²) in [7, 11) is 0. The van der Waals surface area contributed by atoms with Crippen molar-refractivity contribution in [1.29, 1.82) is 0 Å². The van der Waals surface area contributed by atoms with Gasteiger partial charge in [0.1, 0.15) is 11.5 Å². The Morgan fingerprint density at radius 2 is 2.16 bits per heavy atom. The third-order valence-electron chi connectivity index (χ3n) is 2.63. The van der Waals surface area contributed by atoms with Gasteiger partial charge in [-0.25, -0.2) is 9.37 Å². The summed E-state index contributed by atoms with van der Waals surface area (Å²) < 4.78 is 12.7. The molecular weight excluding hydrogens is 245 g/mol. The molecule has 0 saturated heterocycles. The molecule has 1 atom stereocenters. The molecule has 0 radical (unpaired) electrons. The minimum atomic E-state index is -0.476.